The summed E-state index contributed by atoms with van der Waals surface area (Å²) < 4.78 is 0. The molecule has 0 nitrogen and oxygen atoms in total. The third kappa shape index (κ3) is 2.21. The van der Waals surface area contributed by atoms with Crippen LogP contribution in [0.1, 0.15) is 46.5 Å². The van der Waals surface area contributed by atoms with Crippen LogP contribution in [0.5, 0.6) is 0 Å². The van der Waals surface area contributed by atoms with E-state index < -0.39 is 0 Å². The van der Waals surface area contributed by atoms with E-state index in [1.807, 2.05) is 0 Å². The van der Waals surface area contributed by atoms with Crippen molar-refractivity contribution in [3.05, 3.63) is 22.8 Å². The molecule has 0 atom stereocenters. The highest BCUT2D eigenvalue weighted by molar-refractivity contribution is 5.22. The Hall–Kier alpha value is -0.520. The first kappa shape index (κ1) is 8.58. The highest BCUT2D eigenvalue weighted by Crippen LogP contribution is 2.25. The third-order valence-corrected chi connectivity index (χ3v) is 2.65. The van der Waals surface area contributed by atoms with Gasteiger partial charge in [-0.2, -0.15) is 0 Å². The highest BCUT2D eigenvalue weighted by Gasteiger charge is 2.05. The standard InChI is InChI=1S/C11H18/c1-4-10(3)11-7-5-9(2)6-8-11/h5H,4,6-8H2,1-3H3/b11-10+. The second-order valence-electron chi connectivity index (χ2n) is 3.49. The minimum Gasteiger partial charge on any atom is -0.0815 e. The van der Waals surface area contributed by atoms with Crippen molar-refractivity contribution < 1.29 is 0 Å². The zero-order valence-corrected chi connectivity index (χ0v) is 7.91. The van der Waals surface area contributed by atoms with Crippen LogP contribution in [-0.2, 0) is 0 Å². The fraction of sp³-hybridized carbons (Fsp3) is 0.636. The van der Waals surface area contributed by atoms with E-state index in [0.717, 1.165) is 0 Å². The van der Waals surface area contributed by atoms with Gasteiger partial charge in [0, 0.05) is 0 Å². The summed E-state index contributed by atoms with van der Waals surface area (Å²) in [5.41, 5.74) is 4.85. The predicted octanol–water partition coefficient (Wildman–Crippen LogP) is 3.84. The summed E-state index contributed by atoms with van der Waals surface area (Å²) in [4.78, 5) is 0. The lowest BCUT2D eigenvalue weighted by molar-refractivity contribution is 0.821. The van der Waals surface area contributed by atoms with Crippen LogP contribution in [-0.4, -0.2) is 0 Å². The molecule has 0 saturated carbocycles. The van der Waals surface area contributed by atoms with Gasteiger partial charge >= 0.3 is 0 Å². The predicted molar refractivity (Wildman–Crippen MR) is 50.6 cm³/mol. The van der Waals surface area contributed by atoms with Gasteiger partial charge in [-0.15, -0.1) is 0 Å². The van der Waals surface area contributed by atoms with Crippen molar-refractivity contribution in [1.29, 1.82) is 0 Å². The van der Waals surface area contributed by atoms with Crippen molar-refractivity contribution in [2.24, 2.45) is 0 Å². The summed E-state index contributed by atoms with van der Waals surface area (Å²) in [7, 11) is 0. The zero-order valence-electron chi connectivity index (χ0n) is 7.91. The van der Waals surface area contributed by atoms with E-state index in [1.165, 1.54) is 25.7 Å². The summed E-state index contributed by atoms with van der Waals surface area (Å²) >= 11 is 0. The van der Waals surface area contributed by atoms with Crippen LogP contribution in [0.4, 0.5) is 0 Å². The monoisotopic (exact) mass is 150 g/mol. The number of allylic oxidation sites excluding steroid dienone is 4. The molecule has 0 aromatic heterocycles. The van der Waals surface area contributed by atoms with Crippen LogP contribution in [0.3, 0.4) is 0 Å². The largest absolute Gasteiger partial charge is 0.0815 e. The molecule has 0 N–H and O–H groups in total. The molecule has 0 bridgehead atoms. The molecule has 0 unspecified atom stereocenters. The van der Waals surface area contributed by atoms with E-state index in [4.69, 9.17) is 0 Å². The molecule has 0 spiro atoms. The number of hydrogen-bond acceptors (Lipinski definition) is 0. The van der Waals surface area contributed by atoms with Crippen LogP contribution >= 0.6 is 0 Å². The van der Waals surface area contributed by atoms with Gasteiger partial charge in [0.25, 0.3) is 0 Å². The normalized spacial score (nSPS) is 23.0. The molecule has 0 amide bonds. The number of rotatable bonds is 1. The highest BCUT2D eigenvalue weighted by atomic mass is 14.1. The van der Waals surface area contributed by atoms with E-state index >= 15 is 0 Å². The lowest BCUT2D eigenvalue weighted by atomic mass is 9.92. The topological polar surface area (TPSA) is 0 Å². The van der Waals surface area contributed by atoms with Crippen molar-refractivity contribution in [1.82, 2.24) is 0 Å². The Balaban J connectivity index is 2.66. The molecule has 0 saturated heterocycles. The summed E-state index contributed by atoms with van der Waals surface area (Å²) in [5.74, 6) is 0. The molecule has 0 aromatic rings. The molecule has 0 aromatic carbocycles. The molecule has 1 aliphatic rings. The van der Waals surface area contributed by atoms with Gasteiger partial charge in [-0.05, 0) is 39.5 Å². The van der Waals surface area contributed by atoms with Gasteiger partial charge in [0.15, 0.2) is 0 Å². The first-order valence-corrected chi connectivity index (χ1v) is 4.57. The van der Waals surface area contributed by atoms with Crippen LogP contribution in [0, 0.1) is 0 Å². The van der Waals surface area contributed by atoms with Crippen LogP contribution in [0.25, 0.3) is 0 Å². The van der Waals surface area contributed by atoms with Crippen LogP contribution in [0.2, 0.25) is 0 Å². The summed E-state index contributed by atoms with van der Waals surface area (Å²) in [6.45, 7) is 6.75. The molecular weight excluding hydrogens is 132 g/mol. The lowest BCUT2D eigenvalue weighted by Gasteiger charge is -2.15. The molecule has 0 fully saturated rings. The minimum absolute atomic E-state index is 1.21. The van der Waals surface area contributed by atoms with Crippen molar-refractivity contribution in [3.63, 3.8) is 0 Å². The Morgan fingerprint density at radius 1 is 1.45 bits per heavy atom. The smallest absolute Gasteiger partial charge is 0.0134 e. The SMILES string of the molecule is CC/C(C)=C1\CC=C(C)CC1. The average Bonchev–Trinajstić information content (AvgIpc) is 2.05. The Morgan fingerprint density at radius 3 is 2.64 bits per heavy atom. The maximum atomic E-state index is 2.37. The Kier molecular flexibility index (Phi) is 2.92. The summed E-state index contributed by atoms with van der Waals surface area (Å²) in [6.07, 6.45) is 7.40. The van der Waals surface area contributed by atoms with E-state index in [2.05, 4.69) is 26.8 Å². The fourth-order valence-electron chi connectivity index (χ4n) is 1.49. The Morgan fingerprint density at radius 2 is 2.18 bits per heavy atom. The molecule has 0 radical (unpaired) electrons. The Labute approximate surface area is 70.0 Å². The summed E-state index contributed by atoms with van der Waals surface area (Å²) in [6, 6.07) is 0. The second kappa shape index (κ2) is 3.75. The van der Waals surface area contributed by atoms with Gasteiger partial charge in [0.05, 0.1) is 0 Å². The van der Waals surface area contributed by atoms with E-state index in [1.54, 1.807) is 16.7 Å². The second-order valence-corrected chi connectivity index (χ2v) is 3.49. The average molecular weight is 150 g/mol. The summed E-state index contributed by atoms with van der Waals surface area (Å²) in [5, 5.41) is 0. The first-order chi connectivity index (χ1) is 5.24. The van der Waals surface area contributed by atoms with Crippen LogP contribution < -0.4 is 0 Å². The van der Waals surface area contributed by atoms with Crippen LogP contribution in [0.15, 0.2) is 22.8 Å². The van der Waals surface area contributed by atoms with E-state index in [-0.39, 0.29) is 0 Å². The van der Waals surface area contributed by atoms with Gasteiger partial charge in [0.2, 0.25) is 0 Å². The first-order valence-electron chi connectivity index (χ1n) is 4.57. The molecule has 1 aliphatic carbocycles. The van der Waals surface area contributed by atoms with E-state index in [9.17, 15) is 0 Å². The Bertz CT molecular complexity index is 194. The maximum absolute atomic E-state index is 2.37. The quantitative estimate of drug-likeness (QED) is 0.498. The fourth-order valence-corrected chi connectivity index (χ4v) is 1.49. The molecule has 11 heavy (non-hydrogen) atoms. The minimum atomic E-state index is 1.21. The lowest BCUT2D eigenvalue weighted by Crippen LogP contribution is -1.95. The number of hydrogen-bond donors (Lipinski definition) is 0. The molecule has 1 rings (SSSR count). The molecule has 0 aliphatic heterocycles. The molecule has 0 heteroatoms. The van der Waals surface area contributed by atoms with Gasteiger partial charge in [-0.25, -0.2) is 0 Å². The van der Waals surface area contributed by atoms with Crippen molar-refractivity contribution in [2.75, 3.05) is 0 Å². The molecular formula is C11H18. The molecule has 62 valence electrons. The van der Waals surface area contributed by atoms with Gasteiger partial charge < -0.3 is 0 Å². The molecule has 0 heterocycles. The van der Waals surface area contributed by atoms with Crippen molar-refractivity contribution >= 4 is 0 Å². The van der Waals surface area contributed by atoms with Gasteiger partial charge in [-0.3, -0.25) is 0 Å². The van der Waals surface area contributed by atoms with Crippen molar-refractivity contribution in [3.8, 4) is 0 Å². The van der Waals surface area contributed by atoms with Crippen molar-refractivity contribution in [2.45, 2.75) is 46.5 Å². The van der Waals surface area contributed by atoms with Gasteiger partial charge in [0.1, 0.15) is 0 Å². The zero-order chi connectivity index (χ0) is 8.27. The van der Waals surface area contributed by atoms with Gasteiger partial charge in [-0.1, -0.05) is 29.7 Å². The van der Waals surface area contributed by atoms with E-state index in [0.29, 0.717) is 0 Å². The third-order valence-electron chi connectivity index (χ3n) is 2.65. The maximum Gasteiger partial charge on any atom is -0.0134 e.